The number of anilines is 2. The van der Waals surface area contributed by atoms with E-state index in [1.807, 2.05) is 4.90 Å². The monoisotopic (exact) mass is 520 g/mol. The van der Waals surface area contributed by atoms with Gasteiger partial charge in [0.2, 0.25) is 0 Å². The highest BCUT2D eigenvalue weighted by Gasteiger charge is 2.40. The lowest BCUT2D eigenvalue weighted by Gasteiger charge is -2.47. The molecule has 2 aliphatic heterocycles. The van der Waals surface area contributed by atoms with Crippen molar-refractivity contribution in [2.24, 2.45) is 0 Å². The van der Waals surface area contributed by atoms with Gasteiger partial charge in [0.1, 0.15) is 17.7 Å². The fourth-order valence-corrected chi connectivity index (χ4v) is 6.57. The number of hydrogen-bond acceptors (Lipinski definition) is 4. The maximum absolute atomic E-state index is 14.3. The number of aryl methyl sites for hydroxylation is 1. The standard InChI is InChI=1S/C26H24F4N2O3S/c1-16-3-2-4-23(9-16)36(33,34)32-15-21-13-19(27)7-8-31(21)24-6-5-17(12-25(24)32)18-10-20(28)14-22(11-18)35-26(29)30/h2-6,9-12,14,19,21,26H,7-8,13,15H2,1H3/t19?,21-/m0/s1. The number of rotatable bonds is 5. The largest absolute Gasteiger partial charge is 0.435 e. The predicted octanol–water partition coefficient (Wildman–Crippen LogP) is 5.92. The summed E-state index contributed by atoms with van der Waals surface area (Å²) in [5, 5.41) is 0. The minimum Gasteiger partial charge on any atom is -0.435 e. The van der Waals surface area contributed by atoms with Crippen LogP contribution in [0.5, 0.6) is 5.75 Å². The zero-order chi connectivity index (χ0) is 25.6. The van der Waals surface area contributed by atoms with E-state index in [0.29, 0.717) is 29.9 Å². The van der Waals surface area contributed by atoms with Gasteiger partial charge < -0.3 is 9.64 Å². The highest BCUT2D eigenvalue weighted by molar-refractivity contribution is 7.92. The van der Waals surface area contributed by atoms with Crippen LogP contribution in [0.3, 0.4) is 0 Å². The molecule has 1 unspecified atom stereocenters. The van der Waals surface area contributed by atoms with E-state index in [0.717, 1.165) is 11.6 Å². The summed E-state index contributed by atoms with van der Waals surface area (Å²) >= 11 is 0. The Labute approximate surface area is 207 Å². The average molecular weight is 521 g/mol. The predicted molar refractivity (Wildman–Crippen MR) is 129 cm³/mol. The Kier molecular flexibility index (Phi) is 6.32. The number of alkyl halides is 3. The number of sulfonamides is 1. The molecule has 1 fully saturated rings. The van der Waals surface area contributed by atoms with Crippen molar-refractivity contribution >= 4 is 21.4 Å². The van der Waals surface area contributed by atoms with Crippen LogP contribution in [0.1, 0.15) is 18.4 Å². The maximum atomic E-state index is 14.3. The molecule has 1 saturated heterocycles. The zero-order valence-electron chi connectivity index (χ0n) is 19.4. The normalized spacial score (nSPS) is 19.7. The zero-order valence-corrected chi connectivity index (χ0v) is 20.2. The van der Waals surface area contributed by atoms with Gasteiger partial charge in [0.25, 0.3) is 10.0 Å². The number of benzene rings is 3. The molecule has 190 valence electrons. The van der Waals surface area contributed by atoms with Crippen LogP contribution in [-0.4, -0.2) is 40.3 Å². The Morgan fingerprint density at radius 2 is 1.81 bits per heavy atom. The molecule has 0 radical (unpaired) electrons. The van der Waals surface area contributed by atoms with Crippen molar-refractivity contribution in [1.29, 1.82) is 0 Å². The second-order valence-corrected chi connectivity index (χ2v) is 10.9. The van der Waals surface area contributed by atoms with Crippen LogP contribution >= 0.6 is 0 Å². The van der Waals surface area contributed by atoms with Gasteiger partial charge in [-0.1, -0.05) is 18.2 Å². The van der Waals surface area contributed by atoms with Crippen molar-refractivity contribution in [1.82, 2.24) is 0 Å². The van der Waals surface area contributed by atoms with Gasteiger partial charge in [-0.15, -0.1) is 0 Å². The molecule has 10 heteroatoms. The topological polar surface area (TPSA) is 49.9 Å². The minimum absolute atomic E-state index is 0.0516. The van der Waals surface area contributed by atoms with Gasteiger partial charge in [-0.3, -0.25) is 4.31 Å². The third-order valence-corrected chi connectivity index (χ3v) is 8.36. The second-order valence-electron chi connectivity index (χ2n) is 9.08. The molecule has 2 heterocycles. The molecule has 0 aliphatic carbocycles. The summed E-state index contributed by atoms with van der Waals surface area (Å²) in [5.74, 6) is -1.11. The van der Waals surface area contributed by atoms with Crippen LogP contribution in [0.25, 0.3) is 11.1 Å². The third-order valence-electron chi connectivity index (χ3n) is 6.59. The van der Waals surface area contributed by atoms with Crippen molar-refractivity contribution in [3.63, 3.8) is 0 Å². The summed E-state index contributed by atoms with van der Waals surface area (Å²) < 4.78 is 87.2. The van der Waals surface area contributed by atoms with Gasteiger partial charge >= 0.3 is 6.61 Å². The summed E-state index contributed by atoms with van der Waals surface area (Å²) in [5.41, 5.74) is 2.44. The van der Waals surface area contributed by atoms with E-state index < -0.39 is 28.6 Å². The Morgan fingerprint density at radius 1 is 1.00 bits per heavy atom. The number of halogens is 4. The van der Waals surface area contributed by atoms with Gasteiger partial charge in [0.15, 0.2) is 0 Å². The summed E-state index contributed by atoms with van der Waals surface area (Å²) in [7, 11) is -4.01. The first-order valence-electron chi connectivity index (χ1n) is 11.5. The Balaban J connectivity index is 1.64. The van der Waals surface area contributed by atoms with E-state index in [1.165, 1.54) is 22.5 Å². The Morgan fingerprint density at radius 3 is 2.56 bits per heavy atom. The lowest BCUT2D eigenvalue weighted by molar-refractivity contribution is -0.0499. The van der Waals surface area contributed by atoms with Crippen LogP contribution in [0.4, 0.5) is 28.9 Å². The van der Waals surface area contributed by atoms with E-state index in [-0.39, 0.29) is 35.2 Å². The molecule has 2 atom stereocenters. The van der Waals surface area contributed by atoms with Gasteiger partial charge in [0, 0.05) is 19.0 Å². The summed E-state index contributed by atoms with van der Waals surface area (Å²) in [6.07, 6.45) is -0.476. The molecule has 0 N–H and O–H groups in total. The first-order valence-corrected chi connectivity index (χ1v) is 13.0. The lowest BCUT2D eigenvalue weighted by Crippen LogP contribution is -2.54. The van der Waals surface area contributed by atoms with Gasteiger partial charge in [-0.25, -0.2) is 17.2 Å². The van der Waals surface area contributed by atoms with Crippen molar-refractivity contribution in [3.05, 3.63) is 72.0 Å². The minimum atomic E-state index is -4.01. The SMILES string of the molecule is Cc1cccc(S(=O)(=O)N2C[C@@H]3CC(F)CCN3c3ccc(-c4cc(F)cc(OC(F)F)c4)cc32)c1. The molecule has 0 saturated carbocycles. The van der Waals surface area contributed by atoms with Crippen molar-refractivity contribution in [2.75, 3.05) is 22.3 Å². The first kappa shape index (κ1) is 24.4. The highest BCUT2D eigenvalue weighted by atomic mass is 32.2. The van der Waals surface area contributed by atoms with Crippen LogP contribution in [0, 0.1) is 12.7 Å². The van der Waals surface area contributed by atoms with E-state index in [4.69, 9.17) is 0 Å². The second kappa shape index (κ2) is 9.31. The summed E-state index contributed by atoms with van der Waals surface area (Å²) in [4.78, 5) is 2.12. The molecule has 2 aliphatic rings. The lowest BCUT2D eigenvalue weighted by atomic mass is 9.95. The molecule has 3 aromatic carbocycles. The molecular weight excluding hydrogens is 496 g/mol. The molecule has 0 aromatic heterocycles. The third kappa shape index (κ3) is 4.61. The van der Waals surface area contributed by atoms with Gasteiger partial charge in [-0.2, -0.15) is 8.78 Å². The fourth-order valence-electron chi connectivity index (χ4n) is 4.96. The quantitative estimate of drug-likeness (QED) is 0.392. The van der Waals surface area contributed by atoms with Crippen LogP contribution < -0.4 is 13.9 Å². The highest BCUT2D eigenvalue weighted by Crippen LogP contribution is 2.44. The molecule has 5 nitrogen and oxygen atoms in total. The number of fused-ring (bicyclic) bond motifs is 3. The van der Waals surface area contributed by atoms with Crippen LogP contribution in [0.15, 0.2) is 65.6 Å². The van der Waals surface area contributed by atoms with E-state index in [9.17, 15) is 26.0 Å². The van der Waals surface area contributed by atoms with Crippen molar-refractivity contribution < 1.29 is 30.7 Å². The molecule has 0 spiro atoms. The van der Waals surface area contributed by atoms with Crippen molar-refractivity contribution in [3.8, 4) is 16.9 Å². The Hall–Kier alpha value is -3.27. The number of hydrogen-bond donors (Lipinski definition) is 0. The molecule has 5 rings (SSSR count). The Bertz CT molecular complexity index is 1400. The van der Waals surface area contributed by atoms with E-state index in [2.05, 4.69) is 4.74 Å². The molecule has 0 amide bonds. The fraction of sp³-hybridized carbons (Fsp3) is 0.308. The number of ether oxygens (including phenoxy) is 1. The van der Waals surface area contributed by atoms with E-state index >= 15 is 0 Å². The van der Waals surface area contributed by atoms with Crippen LogP contribution in [0.2, 0.25) is 0 Å². The average Bonchev–Trinajstić information content (AvgIpc) is 2.82. The number of nitrogens with zero attached hydrogens (tertiary/aromatic N) is 2. The molecular formula is C26H24F4N2O3S. The first-order chi connectivity index (χ1) is 17.1. The molecule has 36 heavy (non-hydrogen) atoms. The van der Waals surface area contributed by atoms with Crippen molar-refractivity contribution in [2.45, 2.75) is 43.5 Å². The molecule has 3 aromatic rings. The van der Waals surface area contributed by atoms with E-state index in [1.54, 1.807) is 43.3 Å². The molecule has 0 bridgehead atoms. The number of piperidine rings is 1. The summed E-state index contributed by atoms with van der Waals surface area (Å²) in [6, 6.07) is 14.5. The summed E-state index contributed by atoms with van der Waals surface area (Å²) in [6.45, 7) is -0.840. The van der Waals surface area contributed by atoms with Crippen LogP contribution in [-0.2, 0) is 10.0 Å². The van der Waals surface area contributed by atoms with Gasteiger partial charge in [0.05, 0.1) is 28.9 Å². The van der Waals surface area contributed by atoms with Gasteiger partial charge in [-0.05, 0) is 66.4 Å². The maximum Gasteiger partial charge on any atom is 0.387 e. The smallest absolute Gasteiger partial charge is 0.387 e.